The molecule has 0 saturated carbocycles. The van der Waals surface area contributed by atoms with E-state index in [2.05, 4.69) is 80.5 Å². The summed E-state index contributed by atoms with van der Waals surface area (Å²) in [5.41, 5.74) is 4.96. The molecule has 0 bridgehead atoms. The molecule has 6 nitrogen and oxygen atoms in total. The van der Waals surface area contributed by atoms with Crippen LogP contribution in [0.2, 0.25) is 0 Å². The standard InChI is InChI=1S/C25H39N5O.HI/c1-7-26-25(29(5)16-22-17-30(6)28-23(22)18(2)3)27-15-21-9-8-14-31-24(21)20-12-10-19(4)11-13-20;/h10-13,17-18,21,24H,7-9,14-16H2,1-6H3,(H,26,27);1H. The van der Waals surface area contributed by atoms with E-state index in [-0.39, 0.29) is 30.1 Å². The molecular weight excluding hydrogens is 513 g/mol. The normalized spacial score (nSPS) is 19.0. The molecule has 1 saturated heterocycles. The molecule has 32 heavy (non-hydrogen) atoms. The number of aryl methyl sites for hydroxylation is 2. The van der Waals surface area contributed by atoms with Gasteiger partial charge in [0.15, 0.2) is 5.96 Å². The van der Waals surface area contributed by atoms with Crippen LogP contribution in [0.5, 0.6) is 0 Å². The van der Waals surface area contributed by atoms with Gasteiger partial charge < -0.3 is 15.0 Å². The maximum atomic E-state index is 6.20. The van der Waals surface area contributed by atoms with Gasteiger partial charge in [-0.15, -0.1) is 24.0 Å². The summed E-state index contributed by atoms with van der Waals surface area (Å²) in [7, 11) is 4.09. The van der Waals surface area contributed by atoms with E-state index in [1.54, 1.807) is 0 Å². The molecule has 0 radical (unpaired) electrons. The molecule has 1 aliphatic heterocycles. The predicted molar refractivity (Wildman–Crippen MR) is 143 cm³/mol. The molecule has 2 unspecified atom stereocenters. The minimum absolute atomic E-state index is 0. The average molecular weight is 554 g/mol. The highest BCUT2D eigenvalue weighted by Gasteiger charge is 2.27. The molecular formula is C25H40IN5O. The highest BCUT2D eigenvalue weighted by Crippen LogP contribution is 2.34. The second kappa shape index (κ2) is 12.6. The van der Waals surface area contributed by atoms with E-state index in [9.17, 15) is 0 Å². The Hall–Kier alpha value is -1.61. The van der Waals surface area contributed by atoms with Gasteiger partial charge in [0.25, 0.3) is 0 Å². The molecule has 2 atom stereocenters. The third-order valence-corrected chi connectivity index (χ3v) is 5.91. The maximum Gasteiger partial charge on any atom is 0.193 e. The van der Waals surface area contributed by atoms with Crippen LogP contribution in [0.4, 0.5) is 0 Å². The number of rotatable bonds is 7. The van der Waals surface area contributed by atoms with Gasteiger partial charge in [-0.2, -0.15) is 5.10 Å². The SMILES string of the molecule is CCNC(=NCC1CCCOC1c1ccc(C)cc1)N(C)Cc1cn(C)nc1C(C)C.I. The van der Waals surface area contributed by atoms with E-state index in [0.717, 1.165) is 50.7 Å². The van der Waals surface area contributed by atoms with E-state index in [0.29, 0.717) is 11.8 Å². The maximum absolute atomic E-state index is 6.20. The Kier molecular flexibility index (Phi) is 10.5. The van der Waals surface area contributed by atoms with Crippen molar-refractivity contribution >= 4 is 29.9 Å². The van der Waals surface area contributed by atoms with E-state index >= 15 is 0 Å². The lowest BCUT2D eigenvalue weighted by atomic mass is 9.89. The van der Waals surface area contributed by atoms with Crippen molar-refractivity contribution in [2.45, 2.75) is 59.1 Å². The van der Waals surface area contributed by atoms with Gasteiger partial charge in [-0.3, -0.25) is 9.67 Å². The largest absolute Gasteiger partial charge is 0.373 e. The fraction of sp³-hybridized carbons (Fsp3) is 0.600. The number of hydrogen-bond donors (Lipinski definition) is 1. The molecule has 2 heterocycles. The zero-order valence-corrected chi connectivity index (χ0v) is 22.8. The Morgan fingerprint density at radius 1 is 1.31 bits per heavy atom. The van der Waals surface area contributed by atoms with Crippen molar-refractivity contribution < 1.29 is 4.74 Å². The predicted octanol–water partition coefficient (Wildman–Crippen LogP) is 5.04. The Bertz CT molecular complexity index is 862. The monoisotopic (exact) mass is 553 g/mol. The van der Waals surface area contributed by atoms with Crippen molar-refractivity contribution in [2.75, 3.05) is 26.7 Å². The second-order valence-corrected chi connectivity index (χ2v) is 9.02. The first-order valence-electron chi connectivity index (χ1n) is 11.6. The number of guanidine groups is 1. The molecule has 3 rings (SSSR count). The molecule has 7 heteroatoms. The van der Waals surface area contributed by atoms with Gasteiger partial charge in [-0.1, -0.05) is 43.7 Å². The summed E-state index contributed by atoms with van der Waals surface area (Å²) in [5, 5.41) is 8.12. The highest BCUT2D eigenvalue weighted by molar-refractivity contribution is 14.0. The summed E-state index contributed by atoms with van der Waals surface area (Å²) in [6.45, 7) is 11.8. The highest BCUT2D eigenvalue weighted by atomic mass is 127. The Morgan fingerprint density at radius 2 is 2.03 bits per heavy atom. The van der Waals surface area contributed by atoms with E-state index in [4.69, 9.17) is 9.73 Å². The van der Waals surface area contributed by atoms with Gasteiger partial charge in [0.2, 0.25) is 0 Å². The number of aromatic nitrogens is 2. The molecule has 178 valence electrons. The first kappa shape index (κ1) is 26.6. The lowest BCUT2D eigenvalue weighted by molar-refractivity contribution is -0.0250. The van der Waals surface area contributed by atoms with Crippen LogP contribution in [0.15, 0.2) is 35.5 Å². The minimum atomic E-state index is 0. The minimum Gasteiger partial charge on any atom is -0.373 e. The molecule has 2 aromatic rings. The van der Waals surface area contributed by atoms with Crippen LogP contribution >= 0.6 is 24.0 Å². The van der Waals surface area contributed by atoms with E-state index < -0.39 is 0 Å². The van der Waals surface area contributed by atoms with Crippen LogP contribution in [-0.2, 0) is 18.3 Å². The molecule has 0 amide bonds. The summed E-state index contributed by atoms with van der Waals surface area (Å²) in [4.78, 5) is 7.24. The van der Waals surface area contributed by atoms with Gasteiger partial charge in [-0.25, -0.2) is 0 Å². The van der Waals surface area contributed by atoms with Gasteiger partial charge in [0, 0.05) is 58.0 Å². The summed E-state index contributed by atoms with van der Waals surface area (Å²) in [6.07, 6.45) is 4.49. The van der Waals surface area contributed by atoms with E-state index in [1.807, 2.05) is 11.7 Å². The van der Waals surface area contributed by atoms with Crippen LogP contribution in [-0.4, -0.2) is 47.4 Å². The van der Waals surface area contributed by atoms with Crippen LogP contribution in [0.3, 0.4) is 0 Å². The number of benzene rings is 1. The number of hydrogen-bond acceptors (Lipinski definition) is 3. The lowest BCUT2D eigenvalue weighted by Gasteiger charge is -2.32. The lowest BCUT2D eigenvalue weighted by Crippen LogP contribution is -2.39. The molecule has 0 spiro atoms. The number of ether oxygens (including phenoxy) is 1. The molecule has 1 N–H and O–H groups in total. The van der Waals surface area contributed by atoms with Crippen molar-refractivity contribution in [3.63, 3.8) is 0 Å². The van der Waals surface area contributed by atoms with Crippen LogP contribution < -0.4 is 5.32 Å². The Balaban J connectivity index is 0.00000363. The topological polar surface area (TPSA) is 54.7 Å². The van der Waals surface area contributed by atoms with Gasteiger partial charge in [0.05, 0.1) is 11.8 Å². The third kappa shape index (κ3) is 6.94. The van der Waals surface area contributed by atoms with Crippen molar-refractivity contribution in [3.8, 4) is 0 Å². The summed E-state index contributed by atoms with van der Waals surface area (Å²) < 4.78 is 8.11. The molecule has 1 aromatic carbocycles. The number of halogens is 1. The van der Waals surface area contributed by atoms with Crippen molar-refractivity contribution in [2.24, 2.45) is 18.0 Å². The molecule has 0 aliphatic carbocycles. The third-order valence-electron chi connectivity index (χ3n) is 5.91. The van der Waals surface area contributed by atoms with Crippen molar-refractivity contribution in [1.29, 1.82) is 0 Å². The Labute approximate surface area is 210 Å². The fourth-order valence-corrected chi connectivity index (χ4v) is 4.32. The van der Waals surface area contributed by atoms with Crippen LogP contribution in [0.1, 0.15) is 68.0 Å². The first-order chi connectivity index (χ1) is 14.9. The smallest absolute Gasteiger partial charge is 0.193 e. The van der Waals surface area contributed by atoms with Crippen molar-refractivity contribution in [3.05, 3.63) is 52.8 Å². The van der Waals surface area contributed by atoms with Gasteiger partial charge in [0.1, 0.15) is 0 Å². The molecule has 1 fully saturated rings. The zero-order valence-electron chi connectivity index (χ0n) is 20.5. The number of nitrogens with zero attached hydrogens (tertiary/aromatic N) is 4. The summed E-state index contributed by atoms with van der Waals surface area (Å²) >= 11 is 0. The van der Waals surface area contributed by atoms with Crippen molar-refractivity contribution in [1.82, 2.24) is 20.0 Å². The fourth-order valence-electron chi connectivity index (χ4n) is 4.32. The van der Waals surface area contributed by atoms with Gasteiger partial charge >= 0.3 is 0 Å². The quantitative estimate of drug-likeness (QED) is 0.297. The zero-order chi connectivity index (χ0) is 22.4. The summed E-state index contributed by atoms with van der Waals surface area (Å²) in [6, 6.07) is 8.75. The average Bonchev–Trinajstić information content (AvgIpc) is 3.12. The van der Waals surface area contributed by atoms with Crippen LogP contribution in [0, 0.1) is 12.8 Å². The Morgan fingerprint density at radius 3 is 2.69 bits per heavy atom. The molecule has 1 aromatic heterocycles. The molecule has 1 aliphatic rings. The second-order valence-electron chi connectivity index (χ2n) is 9.02. The number of nitrogens with one attached hydrogen (secondary N) is 1. The van der Waals surface area contributed by atoms with E-state index in [1.165, 1.54) is 16.7 Å². The summed E-state index contributed by atoms with van der Waals surface area (Å²) in [5.74, 6) is 1.73. The van der Waals surface area contributed by atoms with Crippen LogP contribution in [0.25, 0.3) is 0 Å². The van der Waals surface area contributed by atoms with Gasteiger partial charge in [-0.05, 0) is 38.2 Å². The first-order valence-corrected chi connectivity index (χ1v) is 11.6. The number of aliphatic imine (C=N–C) groups is 1.